The second-order valence-corrected chi connectivity index (χ2v) is 4.80. The molecule has 1 rings (SSSR count). The lowest BCUT2D eigenvalue weighted by molar-refractivity contribution is -0.151. The number of likely N-dealkylation sites (N-methyl/N-ethyl adjacent to an activating group) is 2. The molecule has 0 saturated carbocycles. The molecule has 1 aliphatic carbocycles. The number of carboxylic acids is 1. The number of amides is 2. The van der Waals surface area contributed by atoms with E-state index in [0.29, 0.717) is 25.9 Å². The zero-order valence-electron chi connectivity index (χ0n) is 12.0. The van der Waals surface area contributed by atoms with E-state index in [9.17, 15) is 19.5 Å². The van der Waals surface area contributed by atoms with E-state index < -0.39 is 17.8 Å². The van der Waals surface area contributed by atoms with Gasteiger partial charge in [-0.25, -0.2) is 0 Å². The van der Waals surface area contributed by atoms with E-state index in [1.807, 2.05) is 13.0 Å². The Bertz CT molecular complexity index is 406. The summed E-state index contributed by atoms with van der Waals surface area (Å²) in [5.74, 6) is -2.71. The number of nitrogens with one attached hydrogen (secondary N) is 1. The van der Waals surface area contributed by atoms with Gasteiger partial charge in [0.1, 0.15) is 0 Å². The van der Waals surface area contributed by atoms with Crippen molar-refractivity contribution in [1.29, 1.82) is 0 Å². The summed E-state index contributed by atoms with van der Waals surface area (Å²) in [6.45, 7) is 4.47. The Hall–Kier alpha value is -1.85. The lowest BCUT2D eigenvalue weighted by Crippen LogP contribution is -2.46. The molecule has 0 unspecified atom stereocenters. The van der Waals surface area contributed by atoms with Crippen LogP contribution in [0.25, 0.3) is 0 Å². The molecule has 0 spiro atoms. The maximum absolute atomic E-state index is 12.4. The molecule has 0 bridgehead atoms. The summed E-state index contributed by atoms with van der Waals surface area (Å²) in [5.41, 5.74) is 0. The number of carbonyl (C=O) groups is 3. The van der Waals surface area contributed by atoms with Crippen molar-refractivity contribution in [2.24, 2.45) is 11.8 Å². The number of hydrogen-bond acceptors (Lipinski definition) is 3. The average molecular weight is 282 g/mol. The van der Waals surface area contributed by atoms with Crippen LogP contribution in [0.15, 0.2) is 12.2 Å². The Labute approximate surface area is 118 Å². The van der Waals surface area contributed by atoms with Gasteiger partial charge >= 0.3 is 5.97 Å². The van der Waals surface area contributed by atoms with Crippen molar-refractivity contribution in [3.05, 3.63) is 12.2 Å². The van der Waals surface area contributed by atoms with Crippen LogP contribution in [-0.4, -0.2) is 47.4 Å². The fraction of sp³-hybridized carbons (Fsp3) is 0.643. The third-order valence-electron chi connectivity index (χ3n) is 3.47. The van der Waals surface area contributed by atoms with E-state index >= 15 is 0 Å². The molecule has 112 valence electrons. The minimum Gasteiger partial charge on any atom is -0.481 e. The van der Waals surface area contributed by atoms with Gasteiger partial charge in [-0.1, -0.05) is 12.2 Å². The van der Waals surface area contributed by atoms with Gasteiger partial charge in [-0.3, -0.25) is 14.4 Å². The standard InChI is InChI=1S/C14H22N2O4/c1-3-15-12(17)9-16(4-2)13(18)10-7-5-6-8-11(10)14(19)20/h5-6,10-11H,3-4,7-9H2,1-2H3,(H,15,17)(H,19,20)/t10-,11+/m1/s1. The molecule has 2 amide bonds. The lowest BCUT2D eigenvalue weighted by atomic mass is 9.82. The Kier molecular flexibility index (Phi) is 6.21. The largest absolute Gasteiger partial charge is 0.481 e. The van der Waals surface area contributed by atoms with Crippen molar-refractivity contribution in [3.8, 4) is 0 Å². The predicted octanol–water partition coefficient (Wildman–Crippen LogP) is 0.638. The summed E-state index contributed by atoms with van der Waals surface area (Å²) in [4.78, 5) is 36.7. The van der Waals surface area contributed by atoms with Crippen molar-refractivity contribution in [2.45, 2.75) is 26.7 Å². The second-order valence-electron chi connectivity index (χ2n) is 4.80. The highest BCUT2D eigenvalue weighted by Crippen LogP contribution is 2.27. The highest BCUT2D eigenvalue weighted by Gasteiger charge is 2.36. The second kappa shape index (κ2) is 7.67. The van der Waals surface area contributed by atoms with Crippen molar-refractivity contribution < 1.29 is 19.5 Å². The molecule has 0 saturated heterocycles. The molecule has 6 heteroatoms. The zero-order chi connectivity index (χ0) is 15.1. The summed E-state index contributed by atoms with van der Waals surface area (Å²) >= 11 is 0. The number of carbonyl (C=O) groups excluding carboxylic acids is 2. The monoisotopic (exact) mass is 282 g/mol. The predicted molar refractivity (Wildman–Crippen MR) is 73.9 cm³/mol. The van der Waals surface area contributed by atoms with Crippen LogP contribution < -0.4 is 5.32 Å². The minimum absolute atomic E-state index is 0.0181. The summed E-state index contributed by atoms with van der Waals surface area (Å²) in [7, 11) is 0. The molecule has 6 nitrogen and oxygen atoms in total. The molecule has 2 atom stereocenters. The number of carboxylic acid groups (broad SMARTS) is 1. The van der Waals surface area contributed by atoms with Crippen LogP contribution in [0.1, 0.15) is 26.7 Å². The van der Waals surface area contributed by atoms with Crippen LogP contribution in [0.3, 0.4) is 0 Å². The van der Waals surface area contributed by atoms with Crippen LogP contribution >= 0.6 is 0 Å². The molecular weight excluding hydrogens is 260 g/mol. The van der Waals surface area contributed by atoms with E-state index in [2.05, 4.69) is 5.32 Å². The van der Waals surface area contributed by atoms with Gasteiger partial charge < -0.3 is 15.3 Å². The van der Waals surface area contributed by atoms with Crippen molar-refractivity contribution in [1.82, 2.24) is 10.2 Å². The fourth-order valence-electron chi connectivity index (χ4n) is 2.37. The summed E-state index contributed by atoms with van der Waals surface area (Å²) in [5, 5.41) is 11.8. The Morgan fingerprint density at radius 3 is 2.30 bits per heavy atom. The summed E-state index contributed by atoms with van der Waals surface area (Å²) < 4.78 is 0. The van der Waals surface area contributed by atoms with Crippen LogP contribution in [0, 0.1) is 11.8 Å². The molecule has 0 heterocycles. The third kappa shape index (κ3) is 4.08. The van der Waals surface area contributed by atoms with Gasteiger partial charge in [0.15, 0.2) is 0 Å². The maximum atomic E-state index is 12.4. The van der Waals surface area contributed by atoms with E-state index in [-0.39, 0.29) is 18.4 Å². The van der Waals surface area contributed by atoms with E-state index in [0.717, 1.165) is 0 Å². The van der Waals surface area contributed by atoms with Gasteiger partial charge in [-0.05, 0) is 26.7 Å². The Morgan fingerprint density at radius 1 is 1.20 bits per heavy atom. The van der Waals surface area contributed by atoms with Gasteiger partial charge in [-0.15, -0.1) is 0 Å². The molecule has 20 heavy (non-hydrogen) atoms. The SMILES string of the molecule is CCNC(=O)CN(CC)C(=O)[C@@H]1CC=CC[C@@H]1C(=O)O. The van der Waals surface area contributed by atoms with Crippen LogP contribution in [-0.2, 0) is 14.4 Å². The summed E-state index contributed by atoms with van der Waals surface area (Å²) in [6, 6.07) is 0. The first-order valence-electron chi connectivity index (χ1n) is 6.94. The Balaban J connectivity index is 2.76. The lowest BCUT2D eigenvalue weighted by Gasteiger charge is -2.30. The van der Waals surface area contributed by atoms with Crippen LogP contribution in [0.4, 0.5) is 0 Å². The van der Waals surface area contributed by atoms with Crippen molar-refractivity contribution >= 4 is 17.8 Å². The van der Waals surface area contributed by atoms with Gasteiger partial charge in [0.05, 0.1) is 18.4 Å². The normalized spacial score (nSPS) is 21.3. The maximum Gasteiger partial charge on any atom is 0.307 e. The van der Waals surface area contributed by atoms with Gasteiger partial charge in [-0.2, -0.15) is 0 Å². The first kappa shape index (κ1) is 16.2. The molecule has 1 aliphatic rings. The average Bonchev–Trinajstić information content (AvgIpc) is 2.44. The molecule has 0 aliphatic heterocycles. The van der Waals surface area contributed by atoms with Crippen LogP contribution in [0.5, 0.6) is 0 Å². The fourth-order valence-corrected chi connectivity index (χ4v) is 2.37. The molecule has 0 aromatic heterocycles. The summed E-state index contributed by atoms with van der Waals surface area (Å²) in [6.07, 6.45) is 4.41. The minimum atomic E-state index is -0.957. The topological polar surface area (TPSA) is 86.7 Å². The Morgan fingerprint density at radius 2 is 1.80 bits per heavy atom. The van der Waals surface area contributed by atoms with E-state index in [4.69, 9.17) is 0 Å². The molecule has 0 aromatic rings. The number of nitrogens with zero attached hydrogens (tertiary/aromatic N) is 1. The molecule has 2 N–H and O–H groups in total. The van der Waals surface area contributed by atoms with Gasteiger partial charge in [0.25, 0.3) is 0 Å². The van der Waals surface area contributed by atoms with Crippen molar-refractivity contribution in [3.63, 3.8) is 0 Å². The third-order valence-corrected chi connectivity index (χ3v) is 3.47. The molecular formula is C14H22N2O4. The smallest absolute Gasteiger partial charge is 0.307 e. The van der Waals surface area contributed by atoms with Crippen molar-refractivity contribution in [2.75, 3.05) is 19.6 Å². The molecule has 0 radical (unpaired) electrons. The highest BCUT2D eigenvalue weighted by molar-refractivity contribution is 5.89. The quantitative estimate of drug-likeness (QED) is 0.700. The van der Waals surface area contributed by atoms with E-state index in [1.165, 1.54) is 4.90 Å². The molecule has 0 fully saturated rings. The number of rotatable bonds is 6. The molecule has 0 aromatic carbocycles. The number of aliphatic carboxylic acids is 1. The van der Waals surface area contributed by atoms with Gasteiger partial charge in [0, 0.05) is 13.1 Å². The number of hydrogen-bond donors (Lipinski definition) is 2. The number of allylic oxidation sites excluding steroid dienone is 2. The van der Waals surface area contributed by atoms with Gasteiger partial charge in [0.2, 0.25) is 11.8 Å². The first-order chi connectivity index (χ1) is 9.51. The highest BCUT2D eigenvalue weighted by atomic mass is 16.4. The van der Waals surface area contributed by atoms with Crippen LogP contribution in [0.2, 0.25) is 0 Å². The zero-order valence-corrected chi connectivity index (χ0v) is 12.0. The first-order valence-corrected chi connectivity index (χ1v) is 6.94. The van der Waals surface area contributed by atoms with E-state index in [1.54, 1.807) is 13.0 Å².